The van der Waals surface area contributed by atoms with Crippen LogP contribution in [0.15, 0.2) is 18.2 Å². The molecule has 1 aromatic heterocycles. The van der Waals surface area contributed by atoms with Crippen LogP contribution in [0.3, 0.4) is 0 Å². The summed E-state index contributed by atoms with van der Waals surface area (Å²) in [6.07, 6.45) is 5.95. The molecule has 0 amide bonds. The Morgan fingerprint density at radius 3 is 2.50 bits per heavy atom. The van der Waals surface area contributed by atoms with Gasteiger partial charge in [-0.3, -0.25) is 5.10 Å². The van der Waals surface area contributed by atoms with Crippen molar-refractivity contribution in [2.24, 2.45) is 0 Å². The molecule has 0 aliphatic rings. The summed E-state index contributed by atoms with van der Waals surface area (Å²) in [6, 6.07) is 6.25. The highest BCUT2D eigenvalue weighted by Gasteiger charge is 2.05. The van der Waals surface area contributed by atoms with E-state index in [0.717, 1.165) is 30.9 Å². The Kier molecular flexibility index (Phi) is 6.05. The minimum atomic E-state index is 0.814. The number of benzene rings is 1. The van der Waals surface area contributed by atoms with Crippen LogP contribution >= 0.6 is 0 Å². The first-order chi connectivity index (χ1) is 10.6. The molecule has 0 fully saturated rings. The van der Waals surface area contributed by atoms with Gasteiger partial charge >= 0.3 is 0 Å². The normalized spacial score (nSPS) is 10.9. The molecule has 0 bridgehead atoms. The van der Waals surface area contributed by atoms with Crippen molar-refractivity contribution < 1.29 is 4.74 Å². The van der Waals surface area contributed by atoms with Crippen molar-refractivity contribution in [2.75, 3.05) is 6.61 Å². The average Bonchev–Trinajstić information content (AvgIpc) is 2.82. The number of unbranched alkanes of at least 4 members (excludes halogenated alkanes) is 3. The summed E-state index contributed by atoms with van der Waals surface area (Å²) in [4.78, 5) is 0. The van der Waals surface area contributed by atoms with E-state index in [0.29, 0.717) is 0 Å². The maximum absolute atomic E-state index is 5.89. The zero-order valence-corrected chi connectivity index (χ0v) is 14.3. The Hall–Kier alpha value is -1.77. The standard InChI is InChI=1S/C19H28N2O/c1-14-10-9-12-19(15(14)2)22-13-8-6-5-7-11-18-16(3)20-21-17(18)4/h9-10,12H,5-8,11,13H2,1-4H3,(H,20,21). The molecular formula is C19H28N2O. The van der Waals surface area contributed by atoms with Gasteiger partial charge in [-0.2, -0.15) is 5.10 Å². The van der Waals surface area contributed by atoms with E-state index in [1.807, 2.05) is 0 Å². The zero-order chi connectivity index (χ0) is 15.9. The molecule has 0 aliphatic heterocycles. The Labute approximate surface area is 134 Å². The van der Waals surface area contributed by atoms with Gasteiger partial charge in [0, 0.05) is 5.69 Å². The molecule has 0 radical (unpaired) electrons. The van der Waals surface area contributed by atoms with Crippen LogP contribution in [0.2, 0.25) is 0 Å². The van der Waals surface area contributed by atoms with Crippen molar-refractivity contribution in [3.05, 3.63) is 46.3 Å². The molecule has 0 saturated heterocycles. The number of ether oxygens (including phenoxy) is 1. The Bertz CT molecular complexity index is 582. The molecule has 120 valence electrons. The molecule has 0 aliphatic carbocycles. The van der Waals surface area contributed by atoms with Crippen LogP contribution in [-0.2, 0) is 6.42 Å². The van der Waals surface area contributed by atoms with Crippen molar-refractivity contribution in [3.8, 4) is 5.75 Å². The largest absolute Gasteiger partial charge is 0.493 e. The van der Waals surface area contributed by atoms with Crippen molar-refractivity contribution in [1.29, 1.82) is 0 Å². The molecule has 1 N–H and O–H groups in total. The lowest BCUT2D eigenvalue weighted by atomic mass is 10.0. The van der Waals surface area contributed by atoms with Gasteiger partial charge in [-0.05, 0) is 69.7 Å². The quantitative estimate of drug-likeness (QED) is 0.709. The van der Waals surface area contributed by atoms with E-state index in [2.05, 4.69) is 56.1 Å². The second-order valence-electron chi connectivity index (χ2n) is 6.12. The lowest BCUT2D eigenvalue weighted by Crippen LogP contribution is -2.00. The van der Waals surface area contributed by atoms with Gasteiger partial charge < -0.3 is 4.74 Å². The fourth-order valence-electron chi connectivity index (χ4n) is 2.76. The highest BCUT2D eigenvalue weighted by atomic mass is 16.5. The molecule has 3 heteroatoms. The number of aromatic nitrogens is 2. The molecule has 2 rings (SSSR count). The third-order valence-corrected chi connectivity index (χ3v) is 4.41. The first-order valence-corrected chi connectivity index (χ1v) is 8.29. The summed E-state index contributed by atoms with van der Waals surface area (Å²) in [6.45, 7) is 9.25. The maximum atomic E-state index is 5.89. The van der Waals surface area contributed by atoms with Gasteiger partial charge in [0.2, 0.25) is 0 Å². The van der Waals surface area contributed by atoms with E-state index in [9.17, 15) is 0 Å². The fourth-order valence-corrected chi connectivity index (χ4v) is 2.76. The first kappa shape index (κ1) is 16.6. The molecule has 0 saturated carbocycles. The Balaban J connectivity index is 1.61. The third kappa shape index (κ3) is 4.36. The fraction of sp³-hybridized carbons (Fsp3) is 0.526. The van der Waals surface area contributed by atoms with Crippen LogP contribution in [-0.4, -0.2) is 16.8 Å². The van der Waals surface area contributed by atoms with Gasteiger partial charge in [-0.15, -0.1) is 0 Å². The third-order valence-electron chi connectivity index (χ3n) is 4.41. The summed E-state index contributed by atoms with van der Waals surface area (Å²) < 4.78 is 5.89. The van der Waals surface area contributed by atoms with Crippen molar-refractivity contribution in [2.45, 2.75) is 59.8 Å². The minimum absolute atomic E-state index is 0.814. The average molecular weight is 300 g/mol. The van der Waals surface area contributed by atoms with Crippen LogP contribution in [0, 0.1) is 27.7 Å². The van der Waals surface area contributed by atoms with Crippen molar-refractivity contribution in [3.63, 3.8) is 0 Å². The predicted molar refractivity (Wildman–Crippen MR) is 91.6 cm³/mol. The van der Waals surface area contributed by atoms with E-state index < -0.39 is 0 Å². The van der Waals surface area contributed by atoms with Gasteiger partial charge in [0.25, 0.3) is 0 Å². The van der Waals surface area contributed by atoms with E-state index >= 15 is 0 Å². The van der Waals surface area contributed by atoms with Gasteiger partial charge in [0.15, 0.2) is 0 Å². The van der Waals surface area contributed by atoms with Crippen LogP contribution in [0.5, 0.6) is 5.75 Å². The van der Waals surface area contributed by atoms with E-state index in [-0.39, 0.29) is 0 Å². The number of hydrogen-bond donors (Lipinski definition) is 1. The topological polar surface area (TPSA) is 37.9 Å². The highest BCUT2D eigenvalue weighted by Crippen LogP contribution is 2.21. The summed E-state index contributed by atoms with van der Waals surface area (Å²) in [5, 5.41) is 7.30. The molecule has 0 spiro atoms. The molecular weight excluding hydrogens is 272 g/mol. The molecule has 1 aromatic carbocycles. The van der Waals surface area contributed by atoms with Crippen LogP contribution < -0.4 is 4.74 Å². The number of nitrogens with zero attached hydrogens (tertiary/aromatic N) is 1. The minimum Gasteiger partial charge on any atom is -0.493 e. The van der Waals surface area contributed by atoms with Crippen LogP contribution in [0.25, 0.3) is 0 Å². The number of aryl methyl sites for hydroxylation is 3. The number of H-pyrrole nitrogens is 1. The SMILES string of the molecule is Cc1cccc(OCCCCCCc2c(C)n[nH]c2C)c1C. The molecule has 3 nitrogen and oxygen atoms in total. The van der Waals surface area contributed by atoms with Crippen LogP contribution in [0.1, 0.15) is 53.8 Å². The second kappa shape index (κ2) is 8.02. The smallest absolute Gasteiger partial charge is 0.122 e. The molecule has 0 unspecified atom stereocenters. The number of aromatic amines is 1. The van der Waals surface area contributed by atoms with Crippen LogP contribution in [0.4, 0.5) is 0 Å². The summed E-state index contributed by atoms with van der Waals surface area (Å²) in [5.74, 6) is 1.03. The monoisotopic (exact) mass is 300 g/mol. The summed E-state index contributed by atoms with van der Waals surface area (Å²) in [7, 11) is 0. The molecule has 1 heterocycles. The zero-order valence-electron chi connectivity index (χ0n) is 14.3. The molecule has 0 atom stereocenters. The predicted octanol–water partition coefficient (Wildman–Crippen LogP) is 4.83. The van der Waals surface area contributed by atoms with Crippen molar-refractivity contribution >= 4 is 0 Å². The summed E-state index contributed by atoms with van der Waals surface area (Å²) >= 11 is 0. The van der Waals surface area contributed by atoms with Gasteiger partial charge in [0.1, 0.15) is 5.75 Å². The highest BCUT2D eigenvalue weighted by molar-refractivity contribution is 5.38. The lowest BCUT2D eigenvalue weighted by Gasteiger charge is -2.10. The van der Waals surface area contributed by atoms with Gasteiger partial charge in [-0.1, -0.05) is 25.0 Å². The Morgan fingerprint density at radius 1 is 1.00 bits per heavy atom. The van der Waals surface area contributed by atoms with E-state index in [1.165, 1.54) is 41.6 Å². The van der Waals surface area contributed by atoms with Crippen molar-refractivity contribution in [1.82, 2.24) is 10.2 Å². The number of nitrogens with one attached hydrogen (secondary N) is 1. The van der Waals surface area contributed by atoms with E-state index in [1.54, 1.807) is 0 Å². The Morgan fingerprint density at radius 2 is 1.77 bits per heavy atom. The lowest BCUT2D eigenvalue weighted by molar-refractivity contribution is 0.302. The first-order valence-electron chi connectivity index (χ1n) is 8.29. The van der Waals surface area contributed by atoms with E-state index in [4.69, 9.17) is 4.74 Å². The molecule has 22 heavy (non-hydrogen) atoms. The van der Waals surface area contributed by atoms with Gasteiger partial charge in [0.05, 0.1) is 12.3 Å². The number of rotatable bonds is 8. The second-order valence-corrected chi connectivity index (χ2v) is 6.12. The number of hydrogen-bond acceptors (Lipinski definition) is 2. The molecule has 2 aromatic rings. The van der Waals surface area contributed by atoms with Gasteiger partial charge in [-0.25, -0.2) is 0 Å². The summed E-state index contributed by atoms with van der Waals surface area (Å²) in [5.41, 5.74) is 6.31. The maximum Gasteiger partial charge on any atom is 0.122 e.